The Morgan fingerprint density at radius 3 is 1.56 bits per heavy atom. The number of nitrogens with one attached hydrogen (secondary N) is 2. The van der Waals surface area contributed by atoms with Gasteiger partial charge in [0.05, 0.1) is 22.3 Å². The lowest BCUT2D eigenvalue weighted by Gasteiger charge is -2.12. The monoisotopic (exact) mass is 432 g/mol. The Labute approximate surface area is 183 Å². The number of amides is 2. The number of aromatic carboxylic acids is 2. The minimum atomic E-state index is -1.30. The van der Waals surface area contributed by atoms with Gasteiger partial charge in [-0.05, 0) is 54.4 Å². The highest BCUT2D eigenvalue weighted by Gasteiger charge is 2.20. The maximum atomic E-state index is 12.7. The number of carboxylic acid groups (broad SMARTS) is 2. The molecular weight excluding hydrogens is 412 g/mol. The van der Waals surface area contributed by atoms with Crippen molar-refractivity contribution in [2.24, 2.45) is 0 Å². The highest BCUT2D eigenvalue weighted by atomic mass is 16.4. The van der Waals surface area contributed by atoms with Crippen molar-refractivity contribution >= 4 is 29.4 Å². The maximum absolute atomic E-state index is 12.7. The van der Waals surface area contributed by atoms with Crippen LogP contribution in [0.3, 0.4) is 0 Å². The van der Waals surface area contributed by atoms with E-state index >= 15 is 0 Å². The fourth-order valence-corrected chi connectivity index (χ4v) is 3.17. The second-order valence-corrected chi connectivity index (χ2v) is 7.03. The fraction of sp³-hybridized carbons (Fsp3) is 0.0833. The van der Waals surface area contributed by atoms with E-state index in [0.717, 1.165) is 5.56 Å². The van der Waals surface area contributed by atoms with E-state index in [2.05, 4.69) is 10.6 Å². The highest BCUT2D eigenvalue weighted by molar-refractivity contribution is 6.11. The summed E-state index contributed by atoms with van der Waals surface area (Å²) in [4.78, 5) is 48.0. The minimum absolute atomic E-state index is 0.0173. The summed E-state index contributed by atoms with van der Waals surface area (Å²) in [7, 11) is 1.39. The minimum Gasteiger partial charge on any atom is -0.478 e. The van der Waals surface area contributed by atoms with Gasteiger partial charge in [0.15, 0.2) is 0 Å². The zero-order valence-corrected chi connectivity index (χ0v) is 17.3. The Morgan fingerprint density at radius 2 is 1.12 bits per heavy atom. The molecule has 0 aliphatic heterocycles. The molecular formula is C24H20N2O6. The van der Waals surface area contributed by atoms with Crippen molar-refractivity contribution in [3.63, 3.8) is 0 Å². The molecule has 0 radical (unpaired) electrons. The van der Waals surface area contributed by atoms with E-state index < -0.39 is 23.8 Å². The van der Waals surface area contributed by atoms with Crippen LogP contribution in [0.15, 0.2) is 60.7 Å². The van der Waals surface area contributed by atoms with Gasteiger partial charge in [-0.15, -0.1) is 0 Å². The molecule has 162 valence electrons. The van der Waals surface area contributed by atoms with Crippen LogP contribution in [0.25, 0.3) is 11.1 Å². The van der Waals surface area contributed by atoms with Crippen molar-refractivity contribution < 1.29 is 29.4 Å². The third-order valence-electron chi connectivity index (χ3n) is 4.86. The molecule has 3 aromatic rings. The van der Waals surface area contributed by atoms with Gasteiger partial charge in [0.1, 0.15) is 0 Å². The van der Waals surface area contributed by atoms with Crippen molar-refractivity contribution in [3.8, 4) is 11.1 Å². The molecule has 4 N–H and O–H groups in total. The lowest BCUT2D eigenvalue weighted by Crippen LogP contribution is -2.21. The largest absolute Gasteiger partial charge is 0.478 e. The van der Waals surface area contributed by atoms with Gasteiger partial charge in [0, 0.05) is 12.7 Å². The summed E-state index contributed by atoms with van der Waals surface area (Å²) in [5, 5.41) is 24.2. The number of carbonyl (C=O) groups excluding carboxylic acids is 2. The molecule has 0 bridgehead atoms. The van der Waals surface area contributed by atoms with Crippen LogP contribution in [-0.2, 0) is 0 Å². The molecule has 8 heteroatoms. The molecule has 0 atom stereocenters. The first kappa shape index (κ1) is 22.2. The van der Waals surface area contributed by atoms with Crippen molar-refractivity contribution in [1.82, 2.24) is 5.32 Å². The smallest absolute Gasteiger partial charge is 0.336 e. The normalized spacial score (nSPS) is 10.3. The SMILES string of the molecule is CNC(=O)c1ccc(-c2ccc(C(=O)Nc3ccc(C)cc3)c(C(=O)O)c2)cc1C(=O)O. The number of carbonyl (C=O) groups is 4. The molecule has 0 aliphatic carbocycles. The van der Waals surface area contributed by atoms with Crippen LogP contribution in [0.4, 0.5) is 5.69 Å². The molecule has 32 heavy (non-hydrogen) atoms. The van der Waals surface area contributed by atoms with Crippen molar-refractivity contribution in [2.45, 2.75) is 6.92 Å². The van der Waals surface area contributed by atoms with Crippen molar-refractivity contribution in [1.29, 1.82) is 0 Å². The summed E-state index contributed by atoms with van der Waals surface area (Å²) in [5.74, 6) is -3.73. The van der Waals surface area contributed by atoms with E-state index in [-0.39, 0.29) is 22.3 Å². The molecule has 3 rings (SSSR count). The second kappa shape index (κ2) is 9.13. The van der Waals surface area contributed by atoms with Crippen LogP contribution in [0.5, 0.6) is 0 Å². The van der Waals surface area contributed by atoms with Crippen LogP contribution in [-0.4, -0.2) is 41.0 Å². The van der Waals surface area contributed by atoms with Gasteiger partial charge in [-0.25, -0.2) is 9.59 Å². The predicted molar refractivity (Wildman–Crippen MR) is 118 cm³/mol. The van der Waals surface area contributed by atoms with Gasteiger partial charge in [-0.3, -0.25) is 9.59 Å². The predicted octanol–water partition coefficient (Wildman–Crippen LogP) is 3.67. The first-order valence-corrected chi connectivity index (χ1v) is 9.56. The molecule has 0 aliphatic rings. The van der Waals surface area contributed by atoms with E-state index in [4.69, 9.17) is 0 Å². The van der Waals surface area contributed by atoms with E-state index in [1.54, 1.807) is 12.1 Å². The molecule has 0 saturated carbocycles. The Morgan fingerprint density at radius 1 is 0.656 bits per heavy atom. The topological polar surface area (TPSA) is 133 Å². The zero-order valence-electron chi connectivity index (χ0n) is 17.3. The quantitative estimate of drug-likeness (QED) is 0.470. The molecule has 0 spiro atoms. The average Bonchev–Trinajstić information content (AvgIpc) is 2.79. The zero-order chi connectivity index (χ0) is 23.4. The molecule has 0 fully saturated rings. The standard InChI is InChI=1S/C24H20N2O6/c1-13-3-7-16(8-4-13)26-22(28)18-10-6-15(12-20(18)24(31)32)14-5-9-17(21(27)25-2)19(11-14)23(29)30/h3-12H,1-2H3,(H,25,27)(H,26,28)(H,29,30)(H,31,32). The highest BCUT2D eigenvalue weighted by Crippen LogP contribution is 2.26. The Kier molecular flexibility index (Phi) is 6.34. The van der Waals surface area contributed by atoms with Crippen LogP contribution >= 0.6 is 0 Å². The number of carboxylic acids is 2. The van der Waals surface area contributed by atoms with Crippen molar-refractivity contribution in [3.05, 3.63) is 88.5 Å². The van der Waals surface area contributed by atoms with Crippen LogP contribution in [0, 0.1) is 6.92 Å². The van der Waals surface area contributed by atoms with Gasteiger partial charge in [-0.2, -0.15) is 0 Å². The van der Waals surface area contributed by atoms with Gasteiger partial charge in [-0.1, -0.05) is 29.8 Å². The maximum Gasteiger partial charge on any atom is 0.336 e. The average molecular weight is 432 g/mol. The fourth-order valence-electron chi connectivity index (χ4n) is 3.17. The Balaban J connectivity index is 2.00. The number of hydrogen-bond acceptors (Lipinski definition) is 4. The molecule has 0 aromatic heterocycles. The Hall–Kier alpha value is -4.46. The number of hydrogen-bond donors (Lipinski definition) is 4. The number of aryl methyl sites for hydroxylation is 1. The third-order valence-corrected chi connectivity index (χ3v) is 4.86. The van der Waals surface area contributed by atoms with Crippen LogP contribution < -0.4 is 10.6 Å². The summed E-state index contributed by atoms with van der Waals surface area (Å²) in [6, 6.07) is 15.4. The van der Waals surface area contributed by atoms with E-state index in [9.17, 15) is 29.4 Å². The van der Waals surface area contributed by atoms with E-state index in [1.807, 2.05) is 19.1 Å². The summed E-state index contributed by atoms with van der Waals surface area (Å²) < 4.78 is 0. The Bertz CT molecular complexity index is 1230. The second-order valence-electron chi connectivity index (χ2n) is 7.03. The van der Waals surface area contributed by atoms with E-state index in [1.165, 1.54) is 43.4 Å². The van der Waals surface area contributed by atoms with Gasteiger partial charge in [0.25, 0.3) is 11.8 Å². The van der Waals surface area contributed by atoms with Crippen LogP contribution in [0.2, 0.25) is 0 Å². The number of rotatable bonds is 6. The first-order valence-electron chi connectivity index (χ1n) is 9.56. The molecule has 0 unspecified atom stereocenters. The lowest BCUT2D eigenvalue weighted by atomic mass is 9.95. The summed E-state index contributed by atoms with van der Waals surface area (Å²) in [6.07, 6.45) is 0. The molecule has 3 aromatic carbocycles. The molecule has 2 amide bonds. The van der Waals surface area contributed by atoms with E-state index in [0.29, 0.717) is 16.8 Å². The van der Waals surface area contributed by atoms with Gasteiger partial charge < -0.3 is 20.8 Å². The molecule has 8 nitrogen and oxygen atoms in total. The van der Waals surface area contributed by atoms with Gasteiger partial charge >= 0.3 is 11.9 Å². The summed E-state index contributed by atoms with van der Waals surface area (Å²) >= 11 is 0. The summed E-state index contributed by atoms with van der Waals surface area (Å²) in [5.41, 5.74) is 1.81. The van der Waals surface area contributed by atoms with Crippen LogP contribution in [0.1, 0.15) is 47.0 Å². The lowest BCUT2D eigenvalue weighted by molar-refractivity contribution is 0.0683. The number of benzene rings is 3. The summed E-state index contributed by atoms with van der Waals surface area (Å²) in [6.45, 7) is 1.91. The van der Waals surface area contributed by atoms with Crippen molar-refractivity contribution in [2.75, 3.05) is 12.4 Å². The first-order chi connectivity index (χ1) is 15.2. The number of anilines is 1. The van der Waals surface area contributed by atoms with Gasteiger partial charge in [0.2, 0.25) is 0 Å². The molecule has 0 saturated heterocycles. The third kappa shape index (κ3) is 4.65. The molecule has 0 heterocycles.